The van der Waals surface area contributed by atoms with Gasteiger partial charge in [-0.05, 0) is 55.1 Å². The molecule has 3 aliphatic rings. The Balaban J connectivity index is 2.09. The molecule has 2 fully saturated rings. The molecule has 0 unspecified atom stereocenters. The maximum Gasteiger partial charge on any atom is 0.190 e. The zero-order valence-electron chi connectivity index (χ0n) is 15.2. The fourth-order valence-electron chi connectivity index (χ4n) is 4.74. The Kier molecular flexibility index (Phi) is 3.93. The van der Waals surface area contributed by atoms with E-state index in [1.807, 2.05) is 6.08 Å². The maximum atomic E-state index is 13.0. The number of aliphatic hydroxyl groups excluding tert-OH is 1. The summed E-state index contributed by atoms with van der Waals surface area (Å²) in [7, 11) is 0. The van der Waals surface area contributed by atoms with Crippen molar-refractivity contribution in [3.05, 3.63) is 23.3 Å². The molecule has 0 saturated heterocycles. The van der Waals surface area contributed by atoms with Crippen LogP contribution < -0.4 is 0 Å². The first-order chi connectivity index (χ1) is 11.0. The molecule has 0 radical (unpaired) electrons. The van der Waals surface area contributed by atoms with E-state index in [-0.39, 0.29) is 35.2 Å². The van der Waals surface area contributed by atoms with Crippen LogP contribution in [0, 0.1) is 29.1 Å². The zero-order valence-corrected chi connectivity index (χ0v) is 15.2. The molecule has 24 heavy (non-hydrogen) atoms. The molecule has 0 heterocycles. The van der Waals surface area contributed by atoms with Gasteiger partial charge in [0.15, 0.2) is 5.78 Å². The molecule has 0 aromatic rings. The van der Waals surface area contributed by atoms with Gasteiger partial charge in [0.25, 0.3) is 0 Å². The van der Waals surface area contributed by atoms with Crippen molar-refractivity contribution in [2.24, 2.45) is 29.1 Å². The van der Waals surface area contributed by atoms with Gasteiger partial charge in [-0.2, -0.15) is 0 Å². The van der Waals surface area contributed by atoms with Gasteiger partial charge in [-0.1, -0.05) is 32.9 Å². The highest BCUT2D eigenvalue weighted by Crippen LogP contribution is 2.62. The van der Waals surface area contributed by atoms with Gasteiger partial charge in [-0.3, -0.25) is 9.59 Å². The lowest BCUT2D eigenvalue weighted by molar-refractivity contribution is -0.138. The second-order valence-corrected chi connectivity index (χ2v) is 8.70. The molecule has 0 aromatic carbocycles. The quantitative estimate of drug-likeness (QED) is 0.668. The van der Waals surface area contributed by atoms with Gasteiger partial charge in [-0.25, -0.2) is 0 Å². The Morgan fingerprint density at radius 2 is 1.79 bits per heavy atom. The average molecular weight is 332 g/mol. The van der Waals surface area contributed by atoms with Crippen LogP contribution in [0.15, 0.2) is 23.3 Å². The topological polar surface area (TPSA) is 74.6 Å². The molecule has 0 amide bonds. The van der Waals surface area contributed by atoms with Crippen LogP contribution in [0.2, 0.25) is 0 Å². The van der Waals surface area contributed by atoms with Crippen LogP contribution in [0.4, 0.5) is 0 Å². The minimum Gasteiger partial charge on any atom is -0.389 e. The Bertz CT molecular complexity index is 657. The van der Waals surface area contributed by atoms with Crippen molar-refractivity contribution in [1.82, 2.24) is 0 Å². The van der Waals surface area contributed by atoms with E-state index in [0.29, 0.717) is 23.5 Å². The minimum atomic E-state index is -1.68. The number of allylic oxidation sites excluding steroid dienone is 1. The fourth-order valence-corrected chi connectivity index (χ4v) is 4.74. The lowest BCUT2D eigenvalue weighted by Crippen LogP contribution is -2.44. The van der Waals surface area contributed by atoms with Crippen LogP contribution in [0.3, 0.4) is 0 Å². The summed E-state index contributed by atoms with van der Waals surface area (Å²) in [6.45, 7) is 9.57. The summed E-state index contributed by atoms with van der Waals surface area (Å²) in [5, 5.41) is 21.6. The molecule has 132 valence electrons. The molecule has 3 aliphatic carbocycles. The summed E-state index contributed by atoms with van der Waals surface area (Å²) in [4.78, 5) is 25.5. The van der Waals surface area contributed by atoms with Crippen molar-refractivity contribution < 1.29 is 19.8 Å². The molecule has 4 heteroatoms. The normalized spacial score (nSPS) is 49.2. The molecule has 2 saturated carbocycles. The van der Waals surface area contributed by atoms with Crippen LogP contribution in [-0.4, -0.2) is 33.5 Å². The SMILES string of the molecule is C/C1=C\[C@@H]2[C@H](C[C@@H](O)/C(C)=C/[C@H]3C(=O)[C@H](C)C[C@]3(O)C1=O)C2(C)C. The highest BCUT2D eigenvalue weighted by molar-refractivity contribution is 6.07. The molecule has 4 nitrogen and oxygen atoms in total. The van der Waals surface area contributed by atoms with E-state index in [0.717, 1.165) is 0 Å². The van der Waals surface area contributed by atoms with Crippen molar-refractivity contribution in [2.75, 3.05) is 0 Å². The number of aliphatic hydroxyl groups is 2. The Hall–Kier alpha value is -1.26. The predicted molar refractivity (Wildman–Crippen MR) is 91.1 cm³/mol. The van der Waals surface area contributed by atoms with E-state index in [1.165, 1.54) is 0 Å². The minimum absolute atomic E-state index is 0.0444. The van der Waals surface area contributed by atoms with Gasteiger partial charge in [0.2, 0.25) is 0 Å². The Labute approximate surface area is 143 Å². The maximum absolute atomic E-state index is 13.0. The number of hydrogen-bond acceptors (Lipinski definition) is 4. The van der Waals surface area contributed by atoms with Crippen LogP contribution in [0.5, 0.6) is 0 Å². The third kappa shape index (κ3) is 2.42. The van der Waals surface area contributed by atoms with Gasteiger partial charge >= 0.3 is 0 Å². The van der Waals surface area contributed by atoms with E-state index in [4.69, 9.17) is 0 Å². The first-order valence-corrected chi connectivity index (χ1v) is 8.86. The monoisotopic (exact) mass is 332 g/mol. The van der Waals surface area contributed by atoms with Gasteiger partial charge < -0.3 is 10.2 Å². The molecule has 0 bridgehead atoms. The van der Waals surface area contributed by atoms with Crippen molar-refractivity contribution in [3.63, 3.8) is 0 Å². The summed E-state index contributed by atoms with van der Waals surface area (Å²) in [5.74, 6) is -1.15. The van der Waals surface area contributed by atoms with Crippen molar-refractivity contribution in [1.29, 1.82) is 0 Å². The third-order valence-electron chi connectivity index (χ3n) is 6.68. The molecule has 0 aliphatic heterocycles. The molecule has 2 N–H and O–H groups in total. The van der Waals surface area contributed by atoms with E-state index in [2.05, 4.69) is 13.8 Å². The lowest BCUT2D eigenvalue weighted by Gasteiger charge is -2.27. The molecule has 6 atom stereocenters. The van der Waals surface area contributed by atoms with Crippen molar-refractivity contribution in [3.8, 4) is 0 Å². The van der Waals surface area contributed by atoms with Crippen LogP contribution >= 0.6 is 0 Å². The second-order valence-electron chi connectivity index (χ2n) is 8.70. The summed E-state index contributed by atoms with van der Waals surface area (Å²) in [6.07, 6.45) is 3.71. The van der Waals surface area contributed by atoms with Crippen LogP contribution in [0.25, 0.3) is 0 Å². The molecular formula is C20H28O4. The van der Waals surface area contributed by atoms with Gasteiger partial charge in [0, 0.05) is 5.92 Å². The fraction of sp³-hybridized carbons (Fsp3) is 0.700. The highest BCUT2D eigenvalue weighted by atomic mass is 16.3. The van der Waals surface area contributed by atoms with E-state index in [1.54, 1.807) is 26.8 Å². The van der Waals surface area contributed by atoms with Crippen molar-refractivity contribution >= 4 is 11.6 Å². The van der Waals surface area contributed by atoms with Crippen LogP contribution in [0.1, 0.15) is 47.5 Å². The van der Waals surface area contributed by atoms with E-state index >= 15 is 0 Å². The lowest BCUT2D eigenvalue weighted by atomic mass is 9.81. The standard InChI is InChI=1S/C20H28O4/c1-10-6-15-17(22)12(3)9-20(15,24)18(23)11(2)7-13-14(8-16(10)21)19(13,4)5/h6-7,12-16,21,24H,8-9H2,1-5H3/b10-6+,11-7+/t12-,13-,14+,15+,16-,20-/m1/s1. The molecule has 0 aromatic heterocycles. The first-order valence-electron chi connectivity index (χ1n) is 8.86. The average Bonchev–Trinajstić information content (AvgIpc) is 2.91. The third-order valence-corrected chi connectivity index (χ3v) is 6.68. The Morgan fingerprint density at radius 3 is 2.42 bits per heavy atom. The summed E-state index contributed by atoms with van der Waals surface area (Å²) >= 11 is 0. The molecule has 0 spiro atoms. The summed E-state index contributed by atoms with van der Waals surface area (Å²) < 4.78 is 0. The number of carbonyl (C=O) groups excluding carboxylic acids is 2. The molecular weight excluding hydrogens is 304 g/mol. The summed E-state index contributed by atoms with van der Waals surface area (Å²) in [5.41, 5.74) is -0.429. The zero-order chi connectivity index (χ0) is 18.0. The van der Waals surface area contributed by atoms with E-state index in [9.17, 15) is 19.8 Å². The summed E-state index contributed by atoms with van der Waals surface area (Å²) in [6, 6.07) is 0. The smallest absolute Gasteiger partial charge is 0.190 e. The molecule has 3 rings (SSSR count). The number of rotatable bonds is 0. The van der Waals surface area contributed by atoms with Gasteiger partial charge in [-0.15, -0.1) is 0 Å². The predicted octanol–water partition coefficient (Wildman–Crippen LogP) is 2.44. The number of fused-ring (bicyclic) bond motifs is 2. The number of carbonyl (C=O) groups is 2. The number of ketones is 2. The van der Waals surface area contributed by atoms with Crippen molar-refractivity contribution in [2.45, 2.75) is 59.2 Å². The van der Waals surface area contributed by atoms with Gasteiger partial charge in [0.1, 0.15) is 11.4 Å². The largest absolute Gasteiger partial charge is 0.389 e. The van der Waals surface area contributed by atoms with Crippen LogP contribution in [-0.2, 0) is 9.59 Å². The Morgan fingerprint density at radius 1 is 1.17 bits per heavy atom. The number of Topliss-reactive ketones (excluding diaryl/α,β-unsaturated/α-hetero) is 2. The van der Waals surface area contributed by atoms with Gasteiger partial charge in [0.05, 0.1) is 12.0 Å². The second kappa shape index (κ2) is 5.37. The number of hydrogen-bond donors (Lipinski definition) is 2. The first kappa shape index (κ1) is 17.6. The highest BCUT2D eigenvalue weighted by Gasteiger charge is 2.59. The van der Waals surface area contributed by atoms with E-state index < -0.39 is 17.6 Å².